The summed E-state index contributed by atoms with van der Waals surface area (Å²) < 4.78 is 6.02. The molecule has 2 aromatic carbocycles. The molecule has 0 unspecified atom stereocenters. The van der Waals surface area contributed by atoms with Gasteiger partial charge in [-0.2, -0.15) is 0 Å². The highest BCUT2D eigenvalue weighted by Crippen LogP contribution is 2.36. The summed E-state index contributed by atoms with van der Waals surface area (Å²) in [4.78, 5) is 28.4. The largest absolute Gasteiger partial charge is 0.384 e. The van der Waals surface area contributed by atoms with Crippen molar-refractivity contribution >= 4 is 33.2 Å². The smallest absolute Gasteiger partial charge is 0.196 e. The van der Waals surface area contributed by atoms with Crippen LogP contribution in [0.5, 0.6) is 0 Å². The Hall–Kier alpha value is -2.02. The van der Waals surface area contributed by atoms with Gasteiger partial charge in [0.2, 0.25) is 0 Å². The first kappa shape index (κ1) is 18.3. The summed E-state index contributed by atoms with van der Waals surface area (Å²) >= 11 is 3.45. The summed E-state index contributed by atoms with van der Waals surface area (Å²) in [6.45, 7) is 5.27. The third kappa shape index (κ3) is 3.57. The van der Waals surface area contributed by atoms with E-state index in [9.17, 15) is 9.59 Å². The number of rotatable bonds is 5. The molecule has 0 amide bonds. The van der Waals surface area contributed by atoms with E-state index in [0.717, 1.165) is 51.5 Å². The van der Waals surface area contributed by atoms with Crippen LogP contribution in [0, 0.1) is 0 Å². The van der Waals surface area contributed by atoms with E-state index in [-0.39, 0.29) is 11.6 Å². The van der Waals surface area contributed by atoms with Gasteiger partial charge in [0.15, 0.2) is 11.6 Å². The zero-order valence-electron chi connectivity index (χ0n) is 15.0. The maximum Gasteiger partial charge on any atom is 0.196 e. The first-order chi connectivity index (χ1) is 13.2. The highest BCUT2D eigenvalue weighted by molar-refractivity contribution is 9.10. The van der Waals surface area contributed by atoms with Gasteiger partial charge < -0.3 is 10.1 Å². The molecule has 0 bridgehead atoms. The van der Waals surface area contributed by atoms with Gasteiger partial charge in [0.05, 0.1) is 18.8 Å². The fraction of sp³-hybridized carbons (Fsp3) is 0.333. The number of carbonyl (C=O) groups excluding carboxylic acids is 2. The van der Waals surface area contributed by atoms with Crippen LogP contribution in [0.3, 0.4) is 0 Å². The molecular weight excluding hydrogens is 408 g/mol. The number of morpholine rings is 1. The van der Waals surface area contributed by atoms with Crippen LogP contribution < -0.4 is 5.32 Å². The summed E-state index contributed by atoms with van der Waals surface area (Å²) in [6, 6.07) is 10.7. The van der Waals surface area contributed by atoms with Crippen LogP contribution in [0.2, 0.25) is 0 Å². The topological polar surface area (TPSA) is 58.6 Å². The molecule has 4 rings (SSSR count). The summed E-state index contributed by atoms with van der Waals surface area (Å²) in [6.07, 6.45) is 0.962. The Morgan fingerprint density at radius 1 is 0.963 bits per heavy atom. The van der Waals surface area contributed by atoms with Crippen molar-refractivity contribution in [3.8, 4) is 0 Å². The Morgan fingerprint density at radius 3 is 2.33 bits per heavy atom. The Labute approximate surface area is 166 Å². The van der Waals surface area contributed by atoms with E-state index >= 15 is 0 Å². The van der Waals surface area contributed by atoms with E-state index in [4.69, 9.17) is 4.74 Å². The van der Waals surface area contributed by atoms with Gasteiger partial charge in [0.1, 0.15) is 0 Å². The third-order valence-corrected chi connectivity index (χ3v) is 5.76. The Bertz CT molecular complexity index is 891. The monoisotopic (exact) mass is 428 g/mol. The predicted molar refractivity (Wildman–Crippen MR) is 108 cm³/mol. The second-order valence-corrected chi connectivity index (χ2v) is 7.64. The van der Waals surface area contributed by atoms with E-state index in [1.807, 2.05) is 12.1 Å². The lowest BCUT2D eigenvalue weighted by Gasteiger charge is -2.26. The molecule has 1 fully saturated rings. The number of halogens is 1. The number of carbonyl (C=O) groups is 2. The molecule has 1 N–H and O–H groups in total. The lowest BCUT2D eigenvalue weighted by atomic mass is 9.83. The van der Waals surface area contributed by atoms with E-state index in [0.29, 0.717) is 26.7 Å². The van der Waals surface area contributed by atoms with Gasteiger partial charge in [-0.1, -0.05) is 40.2 Å². The van der Waals surface area contributed by atoms with E-state index in [2.05, 4.69) is 26.1 Å². The van der Waals surface area contributed by atoms with Crippen LogP contribution in [-0.4, -0.2) is 55.9 Å². The molecule has 6 heteroatoms. The van der Waals surface area contributed by atoms with Crippen molar-refractivity contribution in [1.82, 2.24) is 4.90 Å². The highest BCUT2D eigenvalue weighted by Gasteiger charge is 2.33. The van der Waals surface area contributed by atoms with Gasteiger partial charge in [-0.3, -0.25) is 14.5 Å². The number of hydrogen-bond donors (Lipinski definition) is 1. The molecule has 2 aromatic rings. The van der Waals surface area contributed by atoms with Crippen molar-refractivity contribution in [2.75, 3.05) is 44.7 Å². The van der Waals surface area contributed by atoms with Gasteiger partial charge in [-0.15, -0.1) is 0 Å². The molecule has 1 heterocycles. The molecule has 2 aliphatic rings. The van der Waals surface area contributed by atoms with Gasteiger partial charge in [-0.25, -0.2) is 0 Å². The first-order valence-corrected chi connectivity index (χ1v) is 10.0. The lowest BCUT2D eigenvalue weighted by molar-refractivity contribution is 0.0378. The third-order valence-electron chi connectivity index (χ3n) is 5.10. The fourth-order valence-electron chi connectivity index (χ4n) is 3.68. The normalized spacial score (nSPS) is 16.8. The van der Waals surface area contributed by atoms with Gasteiger partial charge in [0, 0.05) is 46.5 Å². The Balaban J connectivity index is 1.53. The number of nitrogens with zero attached hydrogens (tertiary/aromatic N) is 1. The summed E-state index contributed by atoms with van der Waals surface area (Å²) in [5, 5.41) is 3.37. The molecule has 140 valence electrons. The molecular formula is C21H21BrN2O3. The fourth-order valence-corrected chi connectivity index (χ4v) is 4.19. The van der Waals surface area contributed by atoms with Crippen LogP contribution in [0.4, 0.5) is 5.69 Å². The summed E-state index contributed by atoms with van der Waals surface area (Å²) in [5.41, 5.74) is 2.60. The minimum atomic E-state index is -0.107. The van der Waals surface area contributed by atoms with Crippen molar-refractivity contribution in [2.45, 2.75) is 6.42 Å². The second kappa shape index (κ2) is 7.92. The quantitative estimate of drug-likeness (QED) is 0.631. The van der Waals surface area contributed by atoms with E-state index in [1.54, 1.807) is 24.3 Å². The number of hydrogen-bond acceptors (Lipinski definition) is 5. The van der Waals surface area contributed by atoms with Crippen LogP contribution in [0.15, 0.2) is 40.9 Å². The highest BCUT2D eigenvalue weighted by atomic mass is 79.9. The van der Waals surface area contributed by atoms with Crippen molar-refractivity contribution in [1.29, 1.82) is 0 Å². The summed E-state index contributed by atoms with van der Waals surface area (Å²) in [7, 11) is 0. The van der Waals surface area contributed by atoms with E-state index < -0.39 is 0 Å². The minimum absolute atomic E-state index is 0.0998. The summed E-state index contributed by atoms with van der Waals surface area (Å²) in [5.74, 6) is -0.207. The maximum atomic E-state index is 13.1. The zero-order chi connectivity index (χ0) is 18.8. The van der Waals surface area contributed by atoms with Crippen LogP contribution >= 0.6 is 15.9 Å². The molecule has 0 saturated carbocycles. The standard InChI is InChI=1S/C21H21BrN2O3/c22-16-6-7-17(23-8-3-9-24-10-12-27-13-11-24)19-18(16)20(25)14-4-1-2-5-15(14)21(19)26/h1-2,4-7,23H,3,8-13H2. The number of benzene rings is 2. The van der Waals surface area contributed by atoms with Crippen LogP contribution in [-0.2, 0) is 4.74 Å². The van der Waals surface area contributed by atoms with Crippen LogP contribution in [0.25, 0.3) is 0 Å². The van der Waals surface area contributed by atoms with Crippen molar-refractivity contribution in [3.63, 3.8) is 0 Å². The van der Waals surface area contributed by atoms with Crippen molar-refractivity contribution in [3.05, 3.63) is 63.1 Å². The molecule has 0 radical (unpaired) electrons. The maximum absolute atomic E-state index is 13.1. The van der Waals surface area contributed by atoms with Gasteiger partial charge in [-0.05, 0) is 25.1 Å². The number of fused-ring (bicyclic) bond motifs is 2. The number of nitrogens with one attached hydrogen (secondary N) is 1. The predicted octanol–water partition coefficient (Wildman–Crippen LogP) is 3.36. The average Bonchev–Trinajstić information content (AvgIpc) is 2.71. The second-order valence-electron chi connectivity index (χ2n) is 6.78. The van der Waals surface area contributed by atoms with E-state index in [1.165, 1.54) is 0 Å². The first-order valence-electron chi connectivity index (χ1n) is 9.21. The number of anilines is 1. The number of ketones is 2. The number of ether oxygens (including phenoxy) is 1. The molecule has 0 spiro atoms. The minimum Gasteiger partial charge on any atom is -0.384 e. The van der Waals surface area contributed by atoms with Crippen molar-refractivity contribution in [2.24, 2.45) is 0 Å². The Kier molecular flexibility index (Phi) is 5.38. The van der Waals surface area contributed by atoms with Crippen molar-refractivity contribution < 1.29 is 14.3 Å². The lowest BCUT2D eigenvalue weighted by Crippen LogP contribution is -2.37. The molecule has 1 saturated heterocycles. The average molecular weight is 429 g/mol. The molecule has 0 atom stereocenters. The molecule has 1 aliphatic carbocycles. The molecule has 0 aromatic heterocycles. The molecule has 1 aliphatic heterocycles. The molecule has 5 nitrogen and oxygen atoms in total. The van der Waals surface area contributed by atoms with Gasteiger partial charge in [0.25, 0.3) is 0 Å². The van der Waals surface area contributed by atoms with Gasteiger partial charge >= 0.3 is 0 Å². The SMILES string of the molecule is O=C1c2ccccc2C(=O)c2c(NCCCN3CCOCC3)ccc(Br)c21. The van der Waals surface area contributed by atoms with Crippen LogP contribution in [0.1, 0.15) is 38.3 Å². The Morgan fingerprint density at radius 2 is 1.63 bits per heavy atom. The zero-order valence-corrected chi connectivity index (χ0v) is 16.5. The molecule has 27 heavy (non-hydrogen) atoms.